The minimum atomic E-state index is 0.494. The summed E-state index contributed by atoms with van der Waals surface area (Å²) in [6.45, 7) is 1.90. The van der Waals surface area contributed by atoms with Crippen molar-refractivity contribution < 1.29 is 4.74 Å². The Balaban J connectivity index is 2.11. The van der Waals surface area contributed by atoms with Crippen molar-refractivity contribution in [1.82, 2.24) is 15.2 Å². The van der Waals surface area contributed by atoms with Gasteiger partial charge in [0.2, 0.25) is 0 Å². The van der Waals surface area contributed by atoms with Gasteiger partial charge in [0.05, 0.1) is 10.9 Å². The van der Waals surface area contributed by atoms with Crippen LogP contribution < -0.4 is 4.74 Å². The monoisotopic (exact) mass is 250 g/mol. The van der Waals surface area contributed by atoms with Gasteiger partial charge in [0.25, 0.3) is 0 Å². The molecule has 0 aliphatic heterocycles. The third-order valence-corrected chi connectivity index (χ3v) is 2.82. The molecule has 0 atom stereocenters. The maximum atomic E-state index is 9.06. The molecule has 0 amide bonds. The zero-order valence-electron chi connectivity index (χ0n) is 10.2. The molecular weight excluding hydrogens is 240 g/mol. The fraction of sp³-hybridized carbons (Fsp3) is 0.0714. The number of hydrogen-bond donors (Lipinski definition) is 1. The number of para-hydroxylation sites is 1. The van der Waals surface area contributed by atoms with Crippen LogP contribution >= 0.6 is 0 Å². The zero-order valence-corrected chi connectivity index (χ0v) is 10.2. The van der Waals surface area contributed by atoms with Gasteiger partial charge >= 0.3 is 0 Å². The number of nitrogens with one attached hydrogen (secondary N) is 1. The second kappa shape index (κ2) is 4.42. The van der Waals surface area contributed by atoms with Crippen LogP contribution in [-0.2, 0) is 0 Å². The summed E-state index contributed by atoms with van der Waals surface area (Å²) >= 11 is 0. The van der Waals surface area contributed by atoms with E-state index in [2.05, 4.69) is 21.3 Å². The molecule has 3 rings (SSSR count). The van der Waals surface area contributed by atoms with Crippen molar-refractivity contribution in [3.63, 3.8) is 0 Å². The van der Waals surface area contributed by atoms with E-state index in [9.17, 15) is 0 Å². The first-order valence-electron chi connectivity index (χ1n) is 5.76. The van der Waals surface area contributed by atoms with Crippen molar-refractivity contribution in [2.75, 3.05) is 0 Å². The van der Waals surface area contributed by atoms with E-state index in [-0.39, 0.29) is 0 Å². The van der Waals surface area contributed by atoms with Crippen LogP contribution in [0.5, 0.6) is 11.5 Å². The Bertz CT molecular complexity index is 785. The molecule has 2 aromatic heterocycles. The molecular formula is C14H10N4O. The molecule has 0 unspecified atom stereocenters. The molecule has 0 saturated heterocycles. The minimum absolute atomic E-state index is 0.494. The number of fused-ring (bicyclic) bond motifs is 1. The third kappa shape index (κ3) is 1.89. The quantitative estimate of drug-likeness (QED) is 0.758. The molecule has 0 aliphatic rings. The lowest BCUT2D eigenvalue weighted by atomic mass is 10.2. The summed E-state index contributed by atoms with van der Waals surface area (Å²) in [6, 6.07) is 11.0. The SMILES string of the molecule is Cc1[nH]nc2nccc(Oc3ccccc3C#N)c12. The van der Waals surface area contributed by atoms with Gasteiger partial charge in [-0.25, -0.2) is 4.98 Å². The number of hydrogen-bond acceptors (Lipinski definition) is 4. The Labute approximate surface area is 109 Å². The molecule has 0 fully saturated rings. The number of aromatic amines is 1. The lowest BCUT2D eigenvalue weighted by molar-refractivity contribution is 0.486. The molecule has 5 nitrogen and oxygen atoms in total. The van der Waals surface area contributed by atoms with E-state index < -0.39 is 0 Å². The van der Waals surface area contributed by atoms with Crippen molar-refractivity contribution in [1.29, 1.82) is 5.26 Å². The standard InChI is InChI=1S/C14H10N4O/c1-9-13-12(6-7-16-14(13)18-17-9)19-11-5-3-2-4-10(11)8-15/h2-7H,1H3,(H,16,17,18). The van der Waals surface area contributed by atoms with Crippen molar-refractivity contribution >= 4 is 11.0 Å². The number of H-pyrrole nitrogens is 1. The van der Waals surface area contributed by atoms with Crippen LogP contribution in [0.15, 0.2) is 36.5 Å². The van der Waals surface area contributed by atoms with Crippen LogP contribution in [0, 0.1) is 18.3 Å². The molecule has 0 aliphatic carbocycles. The lowest BCUT2D eigenvalue weighted by Crippen LogP contribution is -1.90. The maximum absolute atomic E-state index is 9.06. The summed E-state index contributed by atoms with van der Waals surface area (Å²) in [5, 5.41) is 16.8. The fourth-order valence-electron chi connectivity index (χ4n) is 1.92. The second-order valence-corrected chi connectivity index (χ2v) is 4.07. The normalized spacial score (nSPS) is 10.3. The molecule has 1 aromatic carbocycles. The molecule has 1 N–H and O–H groups in total. The van der Waals surface area contributed by atoms with Crippen LogP contribution in [0.3, 0.4) is 0 Å². The van der Waals surface area contributed by atoms with Crippen LogP contribution in [0.2, 0.25) is 0 Å². The van der Waals surface area contributed by atoms with Crippen LogP contribution in [0.4, 0.5) is 0 Å². The average Bonchev–Trinajstić information content (AvgIpc) is 2.82. The van der Waals surface area contributed by atoms with Gasteiger partial charge in [-0.1, -0.05) is 12.1 Å². The van der Waals surface area contributed by atoms with Crippen molar-refractivity contribution in [2.45, 2.75) is 6.92 Å². The summed E-state index contributed by atoms with van der Waals surface area (Å²) in [6.07, 6.45) is 1.63. The number of benzene rings is 1. The number of rotatable bonds is 2. The Morgan fingerprint density at radius 2 is 2.05 bits per heavy atom. The molecule has 3 aromatic rings. The fourth-order valence-corrected chi connectivity index (χ4v) is 1.92. The highest BCUT2D eigenvalue weighted by Crippen LogP contribution is 2.31. The summed E-state index contributed by atoms with van der Waals surface area (Å²) in [5.74, 6) is 1.16. The highest BCUT2D eigenvalue weighted by molar-refractivity contribution is 5.84. The van der Waals surface area contributed by atoms with E-state index in [0.29, 0.717) is 22.7 Å². The summed E-state index contributed by atoms with van der Waals surface area (Å²) in [5.41, 5.74) is 1.98. The number of aryl methyl sites for hydroxylation is 1. The van der Waals surface area contributed by atoms with E-state index in [1.54, 1.807) is 30.5 Å². The molecule has 92 valence electrons. The van der Waals surface area contributed by atoms with Gasteiger partial charge < -0.3 is 4.74 Å². The van der Waals surface area contributed by atoms with E-state index in [1.807, 2.05) is 13.0 Å². The van der Waals surface area contributed by atoms with Crippen molar-refractivity contribution in [2.24, 2.45) is 0 Å². The predicted octanol–water partition coefficient (Wildman–Crippen LogP) is 2.93. The van der Waals surface area contributed by atoms with Crippen LogP contribution in [-0.4, -0.2) is 15.2 Å². The molecule has 19 heavy (non-hydrogen) atoms. The Kier molecular flexibility index (Phi) is 2.62. The third-order valence-electron chi connectivity index (χ3n) is 2.82. The lowest BCUT2D eigenvalue weighted by Gasteiger charge is -2.08. The molecule has 2 heterocycles. The van der Waals surface area contributed by atoms with E-state index in [0.717, 1.165) is 11.1 Å². The van der Waals surface area contributed by atoms with Gasteiger partial charge in [-0.05, 0) is 25.1 Å². The van der Waals surface area contributed by atoms with Gasteiger partial charge in [0, 0.05) is 11.9 Å². The van der Waals surface area contributed by atoms with Gasteiger partial charge in [-0.2, -0.15) is 10.4 Å². The first-order chi connectivity index (χ1) is 9.29. The Morgan fingerprint density at radius 3 is 2.89 bits per heavy atom. The summed E-state index contributed by atoms with van der Waals surface area (Å²) < 4.78 is 5.83. The smallest absolute Gasteiger partial charge is 0.184 e. The Morgan fingerprint density at radius 1 is 1.21 bits per heavy atom. The topological polar surface area (TPSA) is 74.6 Å². The van der Waals surface area contributed by atoms with Crippen LogP contribution in [0.1, 0.15) is 11.3 Å². The minimum Gasteiger partial charge on any atom is -0.455 e. The van der Waals surface area contributed by atoms with E-state index >= 15 is 0 Å². The van der Waals surface area contributed by atoms with Crippen molar-refractivity contribution in [3.05, 3.63) is 47.8 Å². The molecule has 0 bridgehead atoms. The van der Waals surface area contributed by atoms with Crippen LogP contribution in [0.25, 0.3) is 11.0 Å². The van der Waals surface area contributed by atoms with E-state index in [4.69, 9.17) is 10.00 Å². The Hall–Kier alpha value is -2.87. The molecule has 0 radical (unpaired) electrons. The zero-order chi connectivity index (χ0) is 13.2. The van der Waals surface area contributed by atoms with Gasteiger partial charge in [0.15, 0.2) is 5.65 Å². The number of nitrogens with zero attached hydrogens (tertiary/aromatic N) is 3. The van der Waals surface area contributed by atoms with Gasteiger partial charge in [0.1, 0.15) is 17.6 Å². The number of ether oxygens (including phenoxy) is 1. The number of aromatic nitrogens is 3. The molecule has 0 spiro atoms. The van der Waals surface area contributed by atoms with Gasteiger partial charge in [-0.15, -0.1) is 0 Å². The molecule has 0 saturated carbocycles. The molecule has 5 heteroatoms. The highest BCUT2D eigenvalue weighted by atomic mass is 16.5. The number of nitriles is 1. The first-order valence-corrected chi connectivity index (χ1v) is 5.76. The first kappa shape index (κ1) is 11.2. The predicted molar refractivity (Wildman–Crippen MR) is 69.9 cm³/mol. The van der Waals surface area contributed by atoms with Gasteiger partial charge in [-0.3, -0.25) is 5.10 Å². The summed E-state index contributed by atoms with van der Waals surface area (Å²) in [4.78, 5) is 4.16. The number of pyridine rings is 1. The summed E-state index contributed by atoms with van der Waals surface area (Å²) in [7, 11) is 0. The average molecular weight is 250 g/mol. The van der Waals surface area contributed by atoms with E-state index in [1.165, 1.54) is 0 Å². The second-order valence-electron chi connectivity index (χ2n) is 4.07. The maximum Gasteiger partial charge on any atom is 0.184 e. The highest BCUT2D eigenvalue weighted by Gasteiger charge is 2.11. The van der Waals surface area contributed by atoms with Crippen molar-refractivity contribution in [3.8, 4) is 17.6 Å². The largest absolute Gasteiger partial charge is 0.455 e.